The molecule has 0 radical (unpaired) electrons. The smallest absolute Gasteiger partial charge is 0.305 e. The number of halogens is 1. The second-order valence-corrected chi connectivity index (χ2v) is 4.27. The highest BCUT2D eigenvalue weighted by Crippen LogP contribution is 2.23. The van der Waals surface area contributed by atoms with Crippen LogP contribution in [0.2, 0.25) is 5.15 Å². The van der Waals surface area contributed by atoms with Gasteiger partial charge in [0.05, 0.1) is 12.8 Å². The summed E-state index contributed by atoms with van der Waals surface area (Å²) in [5, 5.41) is 10.3. The number of aromatic nitrogens is 2. The minimum atomic E-state index is -0.207. The van der Waals surface area contributed by atoms with Gasteiger partial charge in [0.15, 0.2) is 5.15 Å². The predicted octanol–water partition coefficient (Wildman–Crippen LogP) is 2.78. The predicted molar refractivity (Wildman–Crippen MR) is 69.5 cm³/mol. The van der Waals surface area contributed by atoms with Crippen LogP contribution in [-0.4, -0.2) is 23.3 Å². The molecule has 1 aromatic heterocycles. The van der Waals surface area contributed by atoms with Crippen molar-refractivity contribution in [2.75, 3.05) is 7.11 Å². The lowest BCUT2D eigenvalue weighted by Crippen LogP contribution is -2.02. The maximum absolute atomic E-state index is 11.0. The van der Waals surface area contributed by atoms with Gasteiger partial charge in [-0.15, -0.1) is 5.10 Å². The Balaban J connectivity index is 2.18. The van der Waals surface area contributed by atoms with Crippen molar-refractivity contribution in [1.29, 1.82) is 0 Å². The summed E-state index contributed by atoms with van der Waals surface area (Å²) < 4.78 is 4.60. The van der Waals surface area contributed by atoms with Crippen molar-refractivity contribution in [2.45, 2.75) is 19.3 Å². The van der Waals surface area contributed by atoms with Crippen LogP contribution in [-0.2, 0) is 16.0 Å². The molecule has 0 spiro atoms. The first kappa shape index (κ1) is 12.8. The second-order valence-electron chi connectivity index (χ2n) is 3.91. The summed E-state index contributed by atoms with van der Waals surface area (Å²) in [5.41, 5.74) is 0.860. The van der Waals surface area contributed by atoms with Crippen LogP contribution in [0.5, 0.6) is 0 Å². The highest BCUT2D eigenvalue weighted by atomic mass is 35.5. The van der Waals surface area contributed by atoms with Gasteiger partial charge < -0.3 is 4.74 Å². The Hall–Kier alpha value is -1.68. The van der Waals surface area contributed by atoms with E-state index in [4.69, 9.17) is 11.6 Å². The fraction of sp³-hybridized carbons (Fsp3) is 0.308. The van der Waals surface area contributed by atoms with Crippen molar-refractivity contribution in [3.8, 4) is 0 Å². The summed E-state index contributed by atoms with van der Waals surface area (Å²) in [4.78, 5) is 11.0. The number of benzene rings is 1. The highest BCUT2D eigenvalue weighted by Gasteiger charge is 2.08. The van der Waals surface area contributed by atoms with Crippen molar-refractivity contribution >= 4 is 28.3 Å². The number of nitrogens with zero attached hydrogens (tertiary/aromatic N) is 2. The van der Waals surface area contributed by atoms with Gasteiger partial charge in [-0.2, -0.15) is 5.10 Å². The molecule has 0 saturated carbocycles. The monoisotopic (exact) mass is 264 g/mol. The quantitative estimate of drug-likeness (QED) is 0.797. The molecule has 1 heterocycles. The number of rotatable bonds is 4. The minimum Gasteiger partial charge on any atom is -0.469 e. The summed E-state index contributed by atoms with van der Waals surface area (Å²) in [6, 6.07) is 7.72. The molecule has 0 aliphatic rings. The number of methoxy groups -OCH3 is 1. The Morgan fingerprint density at radius 1 is 1.28 bits per heavy atom. The SMILES string of the molecule is COC(=O)CCCc1nnc(Cl)c2ccccc12. The Morgan fingerprint density at radius 3 is 2.72 bits per heavy atom. The van der Waals surface area contributed by atoms with E-state index in [1.807, 2.05) is 24.3 Å². The Morgan fingerprint density at radius 2 is 2.00 bits per heavy atom. The first-order valence-corrected chi connectivity index (χ1v) is 6.07. The average molecular weight is 265 g/mol. The zero-order chi connectivity index (χ0) is 13.0. The summed E-state index contributed by atoms with van der Waals surface area (Å²) in [6.07, 6.45) is 1.75. The van der Waals surface area contributed by atoms with Crippen molar-refractivity contribution in [3.63, 3.8) is 0 Å². The lowest BCUT2D eigenvalue weighted by atomic mass is 10.1. The van der Waals surface area contributed by atoms with Crippen LogP contribution in [0.25, 0.3) is 10.8 Å². The average Bonchev–Trinajstić information content (AvgIpc) is 2.41. The summed E-state index contributed by atoms with van der Waals surface area (Å²) >= 11 is 5.99. The van der Waals surface area contributed by atoms with Crippen LogP contribution in [0.3, 0.4) is 0 Å². The van der Waals surface area contributed by atoms with Crippen LogP contribution >= 0.6 is 11.6 Å². The summed E-state index contributed by atoms with van der Waals surface area (Å²) in [6.45, 7) is 0. The fourth-order valence-electron chi connectivity index (χ4n) is 1.81. The number of fused-ring (bicyclic) bond motifs is 1. The van der Waals surface area contributed by atoms with Crippen LogP contribution in [0, 0.1) is 0 Å². The van der Waals surface area contributed by atoms with Crippen LogP contribution in [0.1, 0.15) is 18.5 Å². The molecule has 0 bridgehead atoms. The van der Waals surface area contributed by atoms with E-state index < -0.39 is 0 Å². The third-order valence-electron chi connectivity index (χ3n) is 2.74. The molecular weight excluding hydrogens is 252 g/mol. The minimum absolute atomic E-state index is 0.207. The molecule has 1 aromatic carbocycles. The van der Waals surface area contributed by atoms with E-state index in [0.29, 0.717) is 24.4 Å². The molecule has 0 N–H and O–H groups in total. The summed E-state index contributed by atoms with van der Waals surface area (Å²) in [7, 11) is 1.39. The van der Waals surface area contributed by atoms with Crippen molar-refractivity contribution in [2.24, 2.45) is 0 Å². The molecule has 94 valence electrons. The third-order valence-corrected chi connectivity index (χ3v) is 3.02. The second kappa shape index (κ2) is 5.78. The van der Waals surface area contributed by atoms with E-state index in [1.54, 1.807) is 0 Å². The van der Waals surface area contributed by atoms with E-state index >= 15 is 0 Å². The molecular formula is C13H13ClN2O2. The Kier molecular flexibility index (Phi) is 4.10. The van der Waals surface area contributed by atoms with Gasteiger partial charge in [0.25, 0.3) is 0 Å². The number of esters is 1. The molecule has 0 saturated heterocycles. The zero-order valence-corrected chi connectivity index (χ0v) is 10.8. The van der Waals surface area contributed by atoms with Gasteiger partial charge in [-0.05, 0) is 12.8 Å². The number of aryl methyl sites for hydroxylation is 1. The van der Waals surface area contributed by atoms with E-state index in [-0.39, 0.29) is 5.97 Å². The number of carbonyl (C=O) groups excluding carboxylic acids is 1. The normalized spacial score (nSPS) is 10.6. The molecule has 0 aliphatic carbocycles. The lowest BCUT2D eigenvalue weighted by molar-refractivity contribution is -0.140. The first-order valence-electron chi connectivity index (χ1n) is 5.69. The van der Waals surface area contributed by atoms with Gasteiger partial charge in [-0.25, -0.2) is 0 Å². The van der Waals surface area contributed by atoms with Gasteiger partial charge in [0.2, 0.25) is 0 Å². The van der Waals surface area contributed by atoms with Crippen molar-refractivity contribution < 1.29 is 9.53 Å². The number of hydrogen-bond donors (Lipinski definition) is 0. The molecule has 2 rings (SSSR count). The third kappa shape index (κ3) is 2.76. The molecule has 4 nitrogen and oxygen atoms in total. The molecule has 5 heteroatoms. The van der Waals surface area contributed by atoms with Crippen molar-refractivity contribution in [3.05, 3.63) is 35.1 Å². The summed E-state index contributed by atoms with van der Waals surface area (Å²) in [5.74, 6) is -0.207. The van der Waals surface area contributed by atoms with E-state index in [0.717, 1.165) is 16.5 Å². The number of ether oxygens (including phenoxy) is 1. The van der Waals surface area contributed by atoms with Crippen LogP contribution in [0.15, 0.2) is 24.3 Å². The maximum Gasteiger partial charge on any atom is 0.305 e. The standard InChI is InChI=1S/C13H13ClN2O2/c1-18-12(17)8-4-7-11-9-5-2-3-6-10(9)13(14)16-15-11/h2-3,5-6H,4,7-8H2,1H3. The molecule has 0 amide bonds. The number of hydrogen-bond acceptors (Lipinski definition) is 4. The molecule has 0 atom stereocenters. The largest absolute Gasteiger partial charge is 0.469 e. The topological polar surface area (TPSA) is 52.1 Å². The van der Waals surface area contributed by atoms with Gasteiger partial charge in [-0.1, -0.05) is 35.9 Å². The Labute approximate surface area is 110 Å². The van der Waals surface area contributed by atoms with E-state index in [9.17, 15) is 4.79 Å². The van der Waals surface area contributed by atoms with Crippen molar-refractivity contribution in [1.82, 2.24) is 10.2 Å². The Bertz CT molecular complexity index is 572. The van der Waals surface area contributed by atoms with Crippen LogP contribution < -0.4 is 0 Å². The molecule has 0 unspecified atom stereocenters. The fourth-order valence-corrected chi connectivity index (χ4v) is 2.02. The molecule has 0 fully saturated rings. The number of carbonyl (C=O) groups is 1. The van der Waals surface area contributed by atoms with E-state index in [2.05, 4.69) is 14.9 Å². The van der Waals surface area contributed by atoms with Crippen LogP contribution in [0.4, 0.5) is 0 Å². The lowest BCUT2D eigenvalue weighted by Gasteiger charge is -2.05. The molecule has 2 aromatic rings. The van der Waals surface area contributed by atoms with E-state index in [1.165, 1.54) is 7.11 Å². The zero-order valence-electron chi connectivity index (χ0n) is 10.0. The molecule has 0 aliphatic heterocycles. The molecule has 18 heavy (non-hydrogen) atoms. The van der Waals surface area contributed by atoms with Gasteiger partial charge in [0, 0.05) is 17.2 Å². The van der Waals surface area contributed by atoms with Gasteiger partial charge in [0.1, 0.15) is 0 Å². The van der Waals surface area contributed by atoms with Gasteiger partial charge in [-0.3, -0.25) is 4.79 Å². The highest BCUT2D eigenvalue weighted by molar-refractivity contribution is 6.34. The first-order chi connectivity index (χ1) is 8.72. The van der Waals surface area contributed by atoms with Gasteiger partial charge >= 0.3 is 5.97 Å². The maximum atomic E-state index is 11.0.